The molecule has 0 saturated carbocycles. The Morgan fingerprint density at radius 3 is 2.76 bits per heavy atom. The third kappa shape index (κ3) is 3.23. The summed E-state index contributed by atoms with van der Waals surface area (Å²) in [5, 5.41) is 2.70. The molecule has 130 valence electrons. The van der Waals surface area contributed by atoms with E-state index in [1.165, 1.54) is 18.0 Å². The predicted molar refractivity (Wildman–Crippen MR) is 91.5 cm³/mol. The highest BCUT2D eigenvalue weighted by Crippen LogP contribution is 2.41. The van der Waals surface area contributed by atoms with Gasteiger partial charge in [0.2, 0.25) is 5.91 Å². The van der Waals surface area contributed by atoms with E-state index < -0.39 is 23.8 Å². The van der Waals surface area contributed by atoms with E-state index in [-0.39, 0.29) is 17.9 Å². The molecule has 3 rings (SSSR count). The van der Waals surface area contributed by atoms with Gasteiger partial charge in [-0.3, -0.25) is 4.79 Å². The van der Waals surface area contributed by atoms with Crippen LogP contribution in [0.25, 0.3) is 0 Å². The molecule has 2 aromatic rings. The number of primary amides is 1. The average Bonchev–Trinajstić information content (AvgIpc) is 2.56. The summed E-state index contributed by atoms with van der Waals surface area (Å²) < 4.78 is 20.1. The lowest BCUT2D eigenvalue weighted by Gasteiger charge is -2.33. The summed E-state index contributed by atoms with van der Waals surface area (Å²) in [5.41, 5.74) is 6.05. The first-order valence-corrected chi connectivity index (χ1v) is 7.83. The van der Waals surface area contributed by atoms with E-state index in [1.807, 2.05) is 0 Å². The zero-order valence-corrected chi connectivity index (χ0v) is 14.0. The SMILES string of the molecule is CN1C(=O)[C@H](NC(N)=O)Cc2ccc(F)c(Oc3ccccc3Cl)c21. The summed E-state index contributed by atoms with van der Waals surface area (Å²) in [6, 6.07) is 7.82. The number of fused-ring (bicyclic) bond motifs is 1. The molecule has 1 aliphatic rings. The number of hydrogen-bond acceptors (Lipinski definition) is 3. The van der Waals surface area contributed by atoms with Gasteiger partial charge in [-0.2, -0.15) is 0 Å². The fourth-order valence-electron chi connectivity index (χ4n) is 2.79. The number of anilines is 1. The Labute approximate surface area is 148 Å². The second-order valence-electron chi connectivity index (χ2n) is 5.58. The lowest BCUT2D eigenvalue weighted by atomic mass is 9.96. The van der Waals surface area contributed by atoms with Gasteiger partial charge in [0.1, 0.15) is 11.8 Å². The third-order valence-electron chi connectivity index (χ3n) is 3.92. The second-order valence-corrected chi connectivity index (χ2v) is 5.99. The van der Waals surface area contributed by atoms with E-state index >= 15 is 0 Å². The molecule has 8 heteroatoms. The minimum atomic E-state index is -0.811. The van der Waals surface area contributed by atoms with Crippen molar-refractivity contribution < 1.29 is 18.7 Å². The van der Waals surface area contributed by atoms with Crippen LogP contribution in [-0.4, -0.2) is 25.0 Å². The van der Waals surface area contributed by atoms with E-state index in [0.29, 0.717) is 16.3 Å². The molecule has 6 nitrogen and oxygen atoms in total. The Morgan fingerprint density at radius 2 is 2.08 bits per heavy atom. The van der Waals surface area contributed by atoms with Crippen molar-refractivity contribution in [2.75, 3.05) is 11.9 Å². The van der Waals surface area contributed by atoms with Crippen LogP contribution in [0.4, 0.5) is 14.9 Å². The Balaban J connectivity index is 2.04. The number of likely N-dealkylation sites (N-methyl/N-ethyl adjacent to an activating group) is 1. The van der Waals surface area contributed by atoms with Crippen LogP contribution in [0.2, 0.25) is 5.02 Å². The van der Waals surface area contributed by atoms with Crippen molar-refractivity contribution in [2.24, 2.45) is 5.73 Å². The molecule has 0 saturated heterocycles. The Morgan fingerprint density at radius 1 is 1.36 bits per heavy atom. The van der Waals surface area contributed by atoms with Gasteiger partial charge in [0.15, 0.2) is 11.6 Å². The number of nitrogens with one attached hydrogen (secondary N) is 1. The van der Waals surface area contributed by atoms with Crippen LogP contribution in [0.15, 0.2) is 36.4 Å². The first-order valence-electron chi connectivity index (χ1n) is 7.45. The van der Waals surface area contributed by atoms with Gasteiger partial charge >= 0.3 is 6.03 Å². The van der Waals surface area contributed by atoms with Gasteiger partial charge in [-0.25, -0.2) is 9.18 Å². The van der Waals surface area contributed by atoms with Crippen LogP contribution < -0.4 is 20.7 Å². The summed E-state index contributed by atoms with van der Waals surface area (Å²) in [4.78, 5) is 24.8. The first kappa shape index (κ1) is 17.0. The molecule has 25 heavy (non-hydrogen) atoms. The molecule has 0 fully saturated rings. The van der Waals surface area contributed by atoms with Crippen LogP contribution in [-0.2, 0) is 11.2 Å². The quantitative estimate of drug-likeness (QED) is 0.879. The number of hydrogen-bond donors (Lipinski definition) is 2. The molecule has 0 bridgehead atoms. The second kappa shape index (κ2) is 6.60. The van der Waals surface area contributed by atoms with Gasteiger partial charge in [0, 0.05) is 13.5 Å². The normalized spacial score (nSPS) is 16.4. The van der Waals surface area contributed by atoms with Crippen LogP contribution in [0.1, 0.15) is 5.56 Å². The molecule has 1 heterocycles. The first-order chi connectivity index (χ1) is 11.9. The maximum Gasteiger partial charge on any atom is 0.312 e. The van der Waals surface area contributed by atoms with Gasteiger partial charge in [-0.05, 0) is 23.8 Å². The predicted octanol–water partition coefficient (Wildman–Crippen LogP) is 2.83. The number of ether oxygens (including phenoxy) is 1. The highest BCUT2D eigenvalue weighted by Gasteiger charge is 2.35. The zero-order chi connectivity index (χ0) is 18.1. The molecule has 3 amide bonds. The number of amides is 3. The fourth-order valence-corrected chi connectivity index (χ4v) is 2.96. The number of urea groups is 1. The van der Waals surface area contributed by atoms with Crippen LogP contribution in [0.5, 0.6) is 11.5 Å². The fraction of sp³-hybridized carbons (Fsp3) is 0.176. The standard InChI is InChI=1S/C17H15ClFN3O3/c1-22-14-9(8-12(16(22)23)21-17(20)24)6-7-11(19)15(14)25-13-5-3-2-4-10(13)18/h2-7,12H,8H2,1H3,(H3,20,21,24)/t12-/m1/s1. The van der Waals surface area contributed by atoms with Crippen molar-refractivity contribution in [3.63, 3.8) is 0 Å². The van der Waals surface area contributed by atoms with E-state index in [0.717, 1.165) is 0 Å². The van der Waals surface area contributed by atoms with E-state index in [2.05, 4.69) is 5.32 Å². The molecule has 1 atom stereocenters. The molecule has 0 aliphatic carbocycles. The number of halogens is 2. The maximum atomic E-state index is 14.4. The minimum absolute atomic E-state index is 0.0982. The number of nitrogens with zero attached hydrogens (tertiary/aromatic N) is 1. The number of para-hydroxylation sites is 1. The van der Waals surface area contributed by atoms with Gasteiger partial charge in [0.05, 0.1) is 10.7 Å². The Bertz CT molecular complexity index is 859. The topological polar surface area (TPSA) is 84.7 Å². The summed E-state index contributed by atoms with van der Waals surface area (Å²) >= 11 is 6.07. The number of nitrogens with two attached hydrogens (primary N) is 1. The lowest BCUT2D eigenvalue weighted by Crippen LogP contribution is -2.53. The zero-order valence-electron chi connectivity index (χ0n) is 13.3. The van der Waals surface area contributed by atoms with Crippen LogP contribution in [0, 0.1) is 5.82 Å². The number of carbonyl (C=O) groups is 2. The van der Waals surface area contributed by atoms with Gasteiger partial charge in [-0.1, -0.05) is 29.8 Å². The molecule has 0 unspecified atom stereocenters. The minimum Gasteiger partial charge on any atom is -0.450 e. The summed E-state index contributed by atoms with van der Waals surface area (Å²) in [7, 11) is 1.48. The largest absolute Gasteiger partial charge is 0.450 e. The summed E-state index contributed by atoms with van der Waals surface area (Å²) in [6.07, 6.45) is 0.181. The van der Waals surface area contributed by atoms with Crippen molar-refractivity contribution in [3.05, 3.63) is 52.8 Å². The Kier molecular flexibility index (Phi) is 4.50. The summed E-state index contributed by atoms with van der Waals surface area (Å²) in [5.74, 6) is -0.866. The Hall–Kier alpha value is -2.80. The number of rotatable bonds is 3. The molecule has 1 aliphatic heterocycles. The van der Waals surface area contributed by atoms with Crippen molar-refractivity contribution in [3.8, 4) is 11.5 Å². The number of benzene rings is 2. The lowest BCUT2D eigenvalue weighted by molar-refractivity contribution is -0.120. The van der Waals surface area contributed by atoms with E-state index in [1.54, 1.807) is 30.3 Å². The van der Waals surface area contributed by atoms with Crippen molar-refractivity contribution >= 4 is 29.2 Å². The molecule has 3 N–H and O–H groups in total. The summed E-state index contributed by atoms with van der Waals surface area (Å²) in [6.45, 7) is 0. The van der Waals surface area contributed by atoms with Gasteiger partial charge in [0.25, 0.3) is 0 Å². The molecule has 0 spiro atoms. The third-order valence-corrected chi connectivity index (χ3v) is 4.23. The molecular formula is C17H15ClFN3O3. The molecular weight excluding hydrogens is 349 g/mol. The highest BCUT2D eigenvalue weighted by molar-refractivity contribution is 6.32. The highest BCUT2D eigenvalue weighted by atomic mass is 35.5. The molecule has 2 aromatic carbocycles. The molecule has 0 aromatic heterocycles. The monoisotopic (exact) mass is 363 g/mol. The van der Waals surface area contributed by atoms with E-state index in [9.17, 15) is 14.0 Å². The molecule has 0 radical (unpaired) electrons. The van der Waals surface area contributed by atoms with E-state index in [4.69, 9.17) is 22.1 Å². The number of carbonyl (C=O) groups excluding carboxylic acids is 2. The van der Waals surface area contributed by atoms with Crippen LogP contribution in [0.3, 0.4) is 0 Å². The van der Waals surface area contributed by atoms with Crippen molar-refractivity contribution in [2.45, 2.75) is 12.5 Å². The van der Waals surface area contributed by atoms with Gasteiger partial charge in [-0.15, -0.1) is 0 Å². The maximum absolute atomic E-state index is 14.4. The van der Waals surface area contributed by atoms with Crippen molar-refractivity contribution in [1.82, 2.24) is 5.32 Å². The average molecular weight is 364 g/mol. The smallest absolute Gasteiger partial charge is 0.312 e. The van der Waals surface area contributed by atoms with Gasteiger partial charge < -0.3 is 20.7 Å². The van der Waals surface area contributed by atoms with Crippen molar-refractivity contribution in [1.29, 1.82) is 0 Å². The van der Waals surface area contributed by atoms with Crippen LogP contribution >= 0.6 is 11.6 Å².